The molecule has 4 nitrogen and oxygen atoms in total. The van der Waals surface area contributed by atoms with Gasteiger partial charge in [-0.15, -0.1) is 0 Å². The number of nitrogens with zero attached hydrogens (tertiary/aromatic N) is 2. The molecule has 18 heavy (non-hydrogen) atoms. The van der Waals surface area contributed by atoms with Crippen LogP contribution >= 0.6 is 15.9 Å². The lowest BCUT2D eigenvalue weighted by atomic mass is 10.1. The molecule has 0 aromatic heterocycles. The van der Waals surface area contributed by atoms with Crippen molar-refractivity contribution < 1.29 is 9.63 Å². The minimum Gasteiger partial charge on any atom is -0.398 e. The van der Waals surface area contributed by atoms with E-state index in [0.717, 1.165) is 15.7 Å². The molecule has 0 saturated heterocycles. The maximum Gasteiger partial charge on any atom is 0.273 e. The highest BCUT2D eigenvalue weighted by Gasteiger charge is 2.41. The molecular weight excluding hydrogens is 312 g/mol. The van der Waals surface area contributed by atoms with Crippen LogP contribution in [0, 0.1) is 0 Å². The fourth-order valence-corrected chi connectivity index (χ4v) is 4.06. The minimum atomic E-state index is -1.79. The maximum absolute atomic E-state index is 12.4. The Balaban J connectivity index is 2.65. The Morgan fingerprint density at radius 3 is 2.56 bits per heavy atom. The quantitative estimate of drug-likeness (QED) is 0.619. The zero-order chi connectivity index (χ0) is 13.5. The first-order valence-electron chi connectivity index (χ1n) is 5.62. The van der Waals surface area contributed by atoms with E-state index in [1.54, 1.807) is 0 Å². The molecule has 0 atom stereocenters. The average molecular weight is 327 g/mol. The summed E-state index contributed by atoms with van der Waals surface area (Å²) in [5.74, 6) is -0.0656. The Morgan fingerprint density at radius 2 is 2.00 bits per heavy atom. The molecule has 0 spiro atoms. The van der Waals surface area contributed by atoms with Gasteiger partial charge in [-0.2, -0.15) is 0 Å². The number of benzene rings is 1. The van der Waals surface area contributed by atoms with Gasteiger partial charge in [-0.25, -0.2) is 0 Å². The van der Waals surface area contributed by atoms with Crippen molar-refractivity contribution in [3.05, 3.63) is 28.2 Å². The van der Waals surface area contributed by atoms with E-state index in [4.69, 9.17) is 4.84 Å². The first kappa shape index (κ1) is 13.3. The van der Waals surface area contributed by atoms with Crippen LogP contribution in [0.25, 0.3) is 0 Å². The SMILES string of the molecule is CO/N=C1/C(=O)N([Si](C)(C)C)c2ccc(Br)cc21. The second-order valence-electron chi connectivity index (χ2n) is 5.10. The van der Waals surface area contributed by atoms with E-state index in [-0.39, 0.29) is 5.91 Å². The zero-order valence-corrected chi connectivity index (χ0v) is 13.4. The first-order chi connectivity index (χ1) is 8.36. The number of carbonyl (C=O) groups is 1. The Labute approximate surface area is 116 Å². The van der Waals surface area contributed by atoms with Crippen LogP contribution in [0.4, 0.5) is 5.69 Å². The number of oxime groups is 1. The van der Waals surface area contributed by atoms with Crippen molar-refractivity contribution in [1.29, 1.82) is 0 Å². The highest BCUT2D eigenvalue weighted by atomic mass is 79.9. The summed E-state index contributed by atoms with van der Waals surface area (Å²) in [6.07, 6.45) is 0. The number of hydrogen-bond donors (Lipinski definition) is 0. The number of halogens is 1. The van der Waals surface area contributed by atoms with E-state index in [0.29, 0.717) is 5.71 Å². The lowest BCUT2D eigenvalue weighted by Gasteiger charge is -2.30. The number of anilines is 1. The van der Waals surface area contributed by atoms with Gasteiger partial charge in [-0.05, 0) is 18.2 Å². The normalized spacial score (nSPS) is 17.3. The number of fused-ring (bicyclic) bond motifs is 1. The summed E-state index contributed by atoms with van der Waals surface area (Å²) in [5, 5.41) is 3.88. The molecule has 1 heterocycles. The molecule has 1 aliphatic heterocycles. The van der Waals surface area contributed by atoms with Crippen LogP contribution in [-0.2, 0) is 9.63 Å². The van der Waals surface area contributed by atoms with E-state index in [1.807, 2.05) is 22.8 Å². The average Bonchev–Trinajstić information content (AvgIpc) is 2.52. The predicted molar refractivity (Wildman–Crippen MR) is 78.5 cm³/mol. The van der Waals surface area contributed by atoms with Gasteiger partial charge in [0.05, 0.1) is 0 Å². The molecular formula is C12H15BrN2O2Si. The summed E-state index contributed by atoms with van der Waals surface area (Å²) in [6, 6.07) is 5.80. The maximum atomic E-state index is 12.4. The van der Waals surface area contributed by atoms with Crippen molar-refractivity contribution in [3.63, 3.8) is 0 Å². The second-order valence-corrected chi connectivity index (χ2v) is 10.8. The largest absolute Gasteiger partial charge is 0.398 e. The molecule has 1 aromatic rings. The summed E-state index contributed by atoms with van der Waals surface area (Å²) in [6.45, 7) is 6.39. The molecule has 0 radical (unpaired) electrons. The molecule has 96 valence electrons. The number of carbonyl (C=O) groups excluding carboxylic acids is 1. The van der Waals surface area contributed by atoms with Crippen LogP contribution in [0.15, 0.2) is 27.8 Å². The number of rotatable bonds is 2. The van der Waals surface area contributed by atoms with Gasteiger partial charge < -0.3 is 9.40 Å². The Kier molecular flexibility index (Phi) is 3.33. The summed E-state index contributed by atoms with van der Waals surface area (Å²) in [7, 11) is -0.341. The summed E-state index contributed by atoms with van der Waals surface area (Å²) < 4.78 is 2.81. The van der Waals surface area contributed by atoms with Gasteiger partial charge >= 0.3 is 0 Å². The van der Waals surface area contributed by atoms with E-state index >= 15 is 0 Å². The van der Waals surface area contributed by atoms with Crippen molar-refractivity contribution in [2.24, 2.45) is 5.16 Å². The highest BCUT2D eigenvalue weighted by molar-refractivity contribution is 9.10. The Morgan fingerprint density at radius 1 is 1.33 bits per heavy atom. The van der Waals surface area contributed by atoms with Crippen LogP contribution < -0.4 is 4.57 Å². The predicted octanol–water partition coefficient (Wildman–Crippen LogP) is 2.98. The third-order valence-corrected chi connectivity index (χ3v) is 4.99. The van der Waals surface area contributed by atoms with Crippen LogP contribution in [-0.4, -0.2) is 27.0 Å². The zero-order valence-electron chi connectivity index (χ0n) is 10.8. The number of hydrogen-bond acceptors (Lipinski definition) is 3. The molecule has 1 amide bonds. The first-order valence-corrected chi connectivity index (χ1v) is 9.86. The summed E-state index contributed by atoms with van der Waals surface area (Å²) in [4.78, 5) is 17.2. The molecule has 0 saturated carbocycles. The van der Waals surface area contributed by atoms with Gasteiger partial charge in [0, 0.05) is 15.7 Å². The van der Waals surface area contributed by atoms with Gasteiger partial charge in [0.2, 0.25) is 0 Å². The van der Waals surface area contributed by atoms with Gasteiger partial charge in [0.1, 0.15) is 7.11 Å². The molecule has 6 heteroatoms. The van der Waals surface area contributed by atoms with Gasteiger partial charge in [0.15, 0.2) is 13.9 Å². The van der Waals surface area contributed by atoms with Crippen LogP contribution in [0.3, 0.4) is 0 Å². The molecule has 0 N–H and O–H groups in total. The Bertz CT molecular complexity index is 537. The van der Waals surface area contributed by atoms with Gasteiger partial charge in [-0.3, -0.25) is 4.79 Å². The molecule has 0 unspecified atom stereocenters. The summed E-state index contributed by atoms with van der Waals surface area (Å²) >= 11 is 3.42. The minimum absolute atomic E-state index is 0.0656. The van der Waals surface area contributed by atoms with Crippen molar-refractivity contribution in [1.82, 2.24) is 0 Å². The van der Waals surface area contributed by atoms with E-state index in [1.165, 1.54) is 7.11 Å². The lowest BCUT2D eigenvalue weighted by Crippen LogP contribution is -2.49. The fraction of sp³-hybridized carbons (Fsp3) is 0.333. The number of amides is 1. The molecule has 1 aromatic carbocycles. The van der Waals surface area contributed by atoms with Crippen LogP contribution in [0.2, 0.25) is 19.6 Å². The fourth-order valence-electron chi connectivity index (χ4n) is 2.07. The van der Waals surface area contributed by atoms with E-state index in [9.17, 15) is 4.79 Å². The third kappa shape index (κ3) is 2.10. The van der Waals surface area contributed by atoms with E-state index in [2.05, 4.69) is 40.7 Å². The molecule has 2 rings (SSSR count). The molecule has 0 bridgehead atoms. The second kappa shape index (κ2) is 4.51. The lowest BCUT2D eigenvalue weighted by molar-refractivity contribution is -0.111. The van der Waals surface area contributed by atoms with Gasteiger partial charge in [-0.1, -0.05) is 40.7 Å². The molecule has 0 fully saturated rings. The van der Waals surface area contributed by atoms with Gasteiger partial charge in [0.25, 0.3) is 5.91 Å². The molecule has 0 aliphatic carbocycles. The van der Waals surface area contributed by atoms with Crippen molar-refractivity contribution >= 4 is 41.5 Å². The van der Waals surface area contributed by atoms with Crippen molar-refractivity contribution in [3.8, 4) is 0 Å². The topological polar surface area (TPSA) is 41.9 Å². The van der Waals surface area contributed by atoms with E-state index < -0.39 is 8.24 Å². The summed E-state index contributed by atoms with van der Waals surface area (Å²) in [5.41, 5.74) is 2.15. The Hall–Kier alpha value is -1.14. The smallest absolute Gasteiger partial charge is 0.273 e. The molecule has 1 aliphatic rings. The van der Waals surface area contributed by atoms with Crippen LogP contribution in [0.5, 0.6) is 0 Å². The van der Waals surface area contributed by atoms with Crippen LogP contribution in [0.1, 0.15) is 5.56 Å². The third-order valence-electron chi connectivity index (χ3n) is 2.71. The monoisotopic (exact) mass is 326 g/mol. The highest BCUT2D eigenvalue weighted by Crippen LogP contribution is 2.35. The standard InChI is InChI=1S/C12H15BrN2O2Si/c1-17-14-11-9-7-8(13)5-6-10(9)15(12(11)16)18(2,3)4/h5-7H,1-4H3/b14-11+. The van der Waals surface area contributed by atoms with Crippen molar-refractivity contribution in [2.75, 3.05) is 11.7 Å². The van der Waals surface area contributed by atoms with Crippen molar-refractivity contribution in [2.45, 2.75) is 19.6 Å².